The van der Waals surface area contributed by atoms with Crippen LogP contribution in [0.5, 0.6) is 0 Å². The SMILES string of the molecule is Nc1ccsc1C(=O)NCC(F)F. The van der Waals surface area contributed by atoms with Crippen LogP contribution >= 0.6 is 11.3 Å². The molecule has 1 aromatic rings. The minimum absolute atomic E-state index is 0.278. The van der Waals surface area contributed by atoms with E-state index in [1.165, 1.54) is 0 Å². The summed E-state index contributed by atoms with van der Waals surface area (Å²) in [4.78, 5) is 11.4. The molecule has 3 N–H and O–H groups in total. The number of thiophene rings is 1. The fraction of sp³-hybridized carbons (Fsp3) is 0.286. The van der Waals surface area contributed by atoms with Crippen molar-refractivity contribution in [2.24, 2.45) is 0 Å². The molecule has 0 aliphatic carbocycles. The molecule has 3 nitrogen and oxygen atoms in total. The van der Waals surface area contributed by atoms with Crippen LogP contribution in [0.3, 0.4) is 0 Å². The van der Waals surface area contributed by atoms with Crippen LogP contribution < -0.4 is 11.1 Å². The third kappa shape index (κ3) is 2.66. The number of carbonyl (C=O) groups excluding carboxylic acids is 1. The first-order valence-corrected chi connectivity index (χ1v) is 4.38. The second-order valence-electron chi connectivity index (χ2n) is 2.31. The van der Waals surface area contributed by atoms with E-state index in [1.54, 1.807) is 11.4 Å². The molecule has 0 atom stereocenters. The van der Waals surface area contributed by atoms with Crippen molar-refractivity contribution in [3.8, 4) is 0 Å². The summed E-state index contributed by atoms with van der Waals surface area (Å²) in [5, 5.41) is 3.70. The molecule has 1 aromatic heterocycles. The van der Waals surface area contributed by atoms with Gasteiger partial charge in [-0.3, -0.25) is 4.79 Å². The zero-order chi connectivity index (χ0) is 9.84. The molecule has 13 heavy (non-hydrogen) atoms. The Kier molecular flexibility index (Phi) is 3.18. The molecule has 0 unspecified atom stereocenters. The third-order valence-electron chi connectivity index (χ3n) is 1.32. The predicted molar refractivity (Wildman–Crippen MR) is 47.1 cm³/mol. The first-order chi connectivity index (χ1) is 6.11. The Hall–Kier alpha value is -1.17. The minimum atomic E-state index is -2.54. The molecule has 0 aliphatic rings. The molecule has 0 radical (unpaired) electrons. The number of nitrogens with two attached hydrogens (primary N) is 1. The molecule has 1 heterocycles. The Morgan fingerprint density at radius 3 is 2.85 bits per heavy atom. The number of nitrogens with one attached hydrogen (secondary N) is 1. The van der Waals surface area contributed by atoms with Crippen LogP contribution in [-0.4, -0.2) is 18.9 Å². The second-order valence-corrected chi connectivity index (χ2v) is 3.22. The molecule has 6 heteroatoms. The van der Waals surface area contributed by atoms with E-state index in [2.05, 4.69) is 5.32 Å². The maximum Gasteiger partial charge on any atom is 0.263 e. The Morgan fingerprint density at radius 2 is 2.38 bits per heavy atom. The average Bonchev–Trinajstić information content (AvgIpc) is 2.47. The summed E-state index contributed by atoms with van der Waals surface area (Å²) in [7, 11) is 0. The van der Waals surface area contributed by atoms with E-state index in [4.69, 9.17) is 5.73 Å². The number of alkyl halides is 2. The number of rotatable bonds is 3. The summed E-state index contributed by atoms with van der Waals surface area (Å²) >= 11 is 1.13. The van der Waals surface area contributed by atoms with Crippen LogP contribution in [0, 0.1) is 0 Å². The zero-order valence-corrected chi connectivity index (χ0v) is 7.41. The number of amides is 1. The van der Waals surface area contributed by atoms with Crippen LogP contribution in [0.4, 0.5) is 14.5 Å². The normalized spacial score (nSPS) is 10.4. The van der Waals surface area contributed by atoms with Gasteiger partial charge in [-0.2, -0.15) is 0 Å². The van der Waals surface area contributed by atoms with Gasteiger partial charge in [-0.25, -0.2) is 8.78 Å². The van der Waals surface area contributed by atoms with Crippen molar-refractivity contribution < 1.29 is 13.6 Å². The van der Waals surface area contributed by atoms with Crippen LogP contribution in [0.2, 0.25) is 0 Å². The van der Waals surface area contributed by atoms with Crippen molar-refractivity contribution in [1.29, 1.82) is 0 Å². The first-order valence-electron chi connectivity index (χ1n) is 3.50. The van der Waals surface area contributed by atoms with Crippen molar-refractivity contribution in [2.45, 2.75) is 6.43 Å². The molecule has 72 valence electrons. The highest BCUT2D eigenvalue weighted by Crippen LogP contribution is 2.18. The van der Waals surface area contributed by atoms with Gasteiger partial charge in [0.25, 0.3) is 12.3 Å². The lowest BCUT2D eigenvalue weighted by Gasteiger charge is -2.02. The first kappa shape index (κ1) is 9.91. The number of nitrogen functional groups attached to an aromatic ring is 1. The van der Waals surface area contributed by atoms with Crippen LogP contribution in [0.1, 0.15) is 9.67 Å². The Labute approximate surface area is 77.5 Å². The van der Waals surface area contributed by atoms with Gasteiger partial charge in [0, 0.05) is 0 Å². The summed E-state index contributed by atoms with van der Waals surface area (Å²) in [6, 6.07) is 1.56. The maximum absolute atomic E-state index is 11.7. The molecule has 1 rings (SSSR count). The lowest BCUT2D eigenvalue weighted by atomic mass is 10.4. The molecule has 0 bridgehead atoms. The number of anilines is 1. The minimum Gasteiger partial charge on any atom is -0.397 e. The summed E-state index contributed by atoms with van der Waals surface area (Å²) < 4.78 is 23.4. The molecular formula is C7H8F2N2OS. The lowest BCUT2D eigenvalue weighted by molar-refractivity contribution is 0.0896. The molecule has 0 aromatic carbocycles. The van der Waals surface area contributed by atoms with Gasteiger partial charge < -0.3 is 11.1 Å². The fourth-order valence-electron chi connectivity index (χ4n) is 0.754. The van der Waals surface area contributed by atoms with Crippen LogP contribution in [0.25, 0.3) is 0 Å². The monoisotopic (exact) mass is 206 g/mol. The number of hydrogen-bond donors (Lipinski definition) is 2. The predicted octanol–water partition coefficient (Wildman–Crippen LogP) is 1.33. The quantitative estimate of drug-likeness (QED) is 0.783. The van der Waals surface area contributed by atoms with Gasteiger partial charge in [0.15, 0.2) is 0 Å². The summed E-state index contributed by atoms with van der Waals surface area (Å²) in [5.74, 6) is -0.548. The van der Waals surface area contributed by atoms with Crippen molar-refractivity contribution in [2.75, 3.05) is 12.3 Å². The number of halogens is 2. The summed E-state index contributed by atoms with van der Waals surface area (Å²) in [5.41, 5.74) is 5.73. The van der Waals surface area contributed by atoms with Crippen molar-refractivity contribution in [1.82, 2.24) is 5.32 Å². The van der Waals surface area contributed by atoms with Crippen LogP contribution in [0.15, 0.2) is 11.4 Å². The van der Waals surface area contributed by atoms with Gasteiger partial charge in [-0.05, 0) is 11.4 Å². The largest absolute Gasteiger partial charge is 0.397 e. The van der Waals surface area contributed by atoms with Gasteiger partial charge >= 0.3 is 0 Å². The highest BCUT2D eigenvalue weighted by molar-refractivity contribution is 7.12. The Balaban J connectivity index is 2.54. The number of hydrogen-bond acceptors (Lipinski definition) is 3. The van der Waals surface area contributed by atoms with Gasteiger partial charge in [0.2, 0.25) is 0 Å². The van der Waals surface area contributed by atoms with E-state index in [-0.39, 0.29) is 4.88 Å². The molecule has 0 aliphatic heterocycles. The van der Waals surface area contributed by atoms with Crippen molar-refractivity contribution in [3.05, 3.63) is 16.3 Å². The zero-order valence-electron chi connectivity index (χ0n) is 6.59. The fourth-order valence-corrected chi connectivity index (χ4v) is 1.49. The summed E-state index contributed by atoms with van der Waals surface area (Å²) in [6.07, 6.45) is -2.54. The average molecular weight is 206 g/mol. The highest BCUT2D eigenvalue weighted by Gasteiger charge is 2.12. The van der Waals surface area contributed by atoms with E-state index in [1.807, 2.05) is 0 Å². The van der Waals surface area contributed by atoms with Crippen molar-refractivity contribution >= 4 is 22.9 Å². The Bertz CT molecular complexity index is 300. The smallest absolute Gasteiger partial charge is 0.263 e. The molecule has 0 saturated heterocycles. The van der Waals surface area contributed by atoms with Crippen molar-refractivity contribution in [3.63, 3.8) is 0 Å². The summed E-state index contributed by atoms with van der Waals surface area (Å²) in [6.45, 7) is -0.643. The standard InChI is InChI=1S/C7H8F2N2OS/c8-5(9)3-11-7(12)6-4(10)1-2-13-6/h1-2,5H,3,10H2,(H,11,12). The molecule has 0 saturated carbocycles. The molecule has 1 amide bonds. The highest BCUT2D eigenvalue weighted by atomic mass is 32.1. The van der Waals surface area contributed by atoms with Gasteiger partial charge in [0.1, 0.15) is 4.88 Å². The lowest BCUT2D eigenvalue weighted by Crippen LogP contribution is -2.28. The van der Waals surface area contributed by atoms with E-state index >= 15 is 0 Å². The van der Waals surface area contributed by atoms with Gasteiger partial charge in [-0.15, -0.1) is 11.3 Å². The second kappa shape index (κ2) is 4.18. The Morgan fingerprint density at radius 1 is 1.69 bits per heavy atom. The van der Waals surface area contributed by atoms with E-state index < -0.39 is 18.9 Å². The van der Waals surface area contributed by atoms with Crippen LogP contribution in [-0.2, 0) is 0 Å². The number of carbonyl (C=O) groups is 1. The van der Waals surface area contributed by atoms with E-state index in [0.717, 1.165) is 11.3 Å². The maximum atomic E-state index is 11.7. The van der Waals surface area contributed by atoms with E-state index in [0.29, 0.717) is 5.69 Å². The van der Waals surface area contributed by atoms with E-state index in [9.17, 15) is 13.6 Å². The van der Waals surface area contributed by atoms with Gasteiger partial charge in [0.05, 0.1) is 12.2 Å². The third-order valence-corrected chi connectivity index (χ3v) is 2.25. The molecule has 0 fully saturated rings. The molecular weight excluding hydrogens is 198 g/mol. The molecule has 0 spiro atoms. The van der Waals surface area contributed by atoms with Gasteiger partial charge in [-0.1, -0.05) is 0 Å². The topological polar surface area (TPSA) is 55.1 Å².